The zero-order chi connectivity index (χ0) is 11.5. The summed E-state index contributed by atoms with van der Waals surface area (Å²) in [6.45, 7) is 10.1. The second-order valence-corrected chi connectivity index (χ2v) is 3.13. The lowest BCUT2D eigenvalue weighted by Gasteiger charge is -2.23. The van der Waals surface area contributed by atoms with Crippen molar-refractivity contribution < 1.29 is 4.74 Å². The molecule has 0 amide bonds. The minimum Gasteiger partial charge on any atom is -0.380 e. The number of nitrogens with zero attached hydrogens (tertiary/aromatic N) is 2. The van der Waals surface area contributed by atoms with Gasteiger partial charge in [0.1, 0.15) is 0 Å². The molecule has 0 aromatic rings. The van der Waals surface area contributed by atoms with Crippen LogP contribution in [0.25, 0.3) is 0 Å². The average Bonchev–Trinajstić information content (AvgIpc) is 2.27. The molecule has 0 aliphatic carbocycles. The quantitative estimate of drug-likeness (QED) is 0.215. The molecule has 0 heterocycles. The number of aliphatic imine (C=N–C) groups is 1. The van der Waals surface area contributed by atoms with E-state index in [0.29, 0.717) is 6.61 Å². The second kappa shape index (κ2) is 9.73. The summed E-state index contributed by atoms with van der Waals surface area (Å²) in [6, 6.07) is 0. The van der Waals surface area contributed by atoms with Gasteiger partial charge in [-0.3, -0.25) is 10.4 Å². The Morgan fingerprint density at radius 1 is 1.40 bits per heavy atom. The van der Waals surface area contributed by atoms with Crippen LogP contribution < -0.4 is 11.3 Å². The highest BCUT2D eigenvalue weighted by Gasteiger charge is 2.06. The molecule has 0 saturated carbocycles. The number of nitrogens with one attached hydrogen (secondary N) is 1. The van der Waals surface area contributed by atoms with E-state index in [4.69, 9.17) is 10.6 Å². The summed E-state index contributed by atoms with van der Waals surface area (Å²) < 4.78 is 5.30. The number of ether oxygens (including phenoxy) is 1. The summed E-state index contributed by atoms with van der Waals surface area (Å²) in [5.41, 5.74) is 2.64. The van der Waals surface area contributed by atoms with Gasteiger partial charge < -0.3 is 9.64 Å². The lowest BCUT2D eigenvalue weighted by atomic mass is 10.5. The van der Waals surface area contributed by atoms with Crippen LogP contribution in [0.1, 0.15) is 27.2 Å². The molecule has 0 aliphatic heterocycles. The zero-order valence-electron chi connectivity index (χ0n) is 10.1. The predicted octanol–water partition coefficient (Wildman–Crippen LogP) is 0.574. The molecule has 0 spiro atoms. The summed E-state index contributed by atoms with van der Waals surface area (Å²) in [5, 5.41) is 0. The highest BCUT2D eigenvalue weighted by Crippen LogP contribution is 1.91. The molecule has 0 rings (SSSR count). The standard InChI is InChI=1S/C10H24N4O/c1-4-7-12-10(13-11)14(5-2)8-9-15-6-3/h4-9,11H2,1-3H3,(H,12,13). The molecule has 0 aromatic carbocycles. The molecule has 0 unspecified atom stereocenters. The van der Waals surface area contributed by atoms with Crippen molar-refractivity contribution in [1.82, 2.24) is 10.3 Å². The molecule has 0 atom stereocenters. The van der Waals surface area contributed by atoms with E-state index in [2.05, 4.69) is 29.2 Å². The molecule has 3 N–H and O–H groups in total. The summed E-state index contributed by atoms with van der Waals surface area (Å²) in [4.78, 5) is 6.44. The van der Waals surface area contributed by atoms with Crippen LogP contribution in [0.2, 0.25) is 0 Å². The highest BCUT2D eigenvalue weighted by atomic mass is 16.5. The van der Waals surface area contributed by atoms with Gasteiger partial charge >= 0.3 is 0 Å². The summed E-state index contributed by atoms with van der Waals surface area (Å²) >= 11 is 0. The van der Waals surface area contributed by atoms with Gasteiger partial charge in [0.05, 0.1) is 6.61 Å². The lowest BCUT2D eigenvalue weighted by Crippen LogP contribution is -2.46. The number of nitrogens with two attached hydrogens (primary N) is 1. The van der Waals surface area contributed by atoms with Crippen LogP contribution in [0, 0.1) is 0 Å². The molecule has 0 saturated heterocycles. The van der Waals surface area contributed by atoms with Gasteiger partial charge in [0.25, 0.3) is 0 Å². The van der Waals surface area contributed by atoms with E-state index in [1.54, 1.807) is 0 Å². The molecule has 0 bridgehead atoms. The fourth-order valence-corrected chi connectivity index (χ4v) is 1.19. The van der Waals surface area contributed by atoms with Crippen LogP contribution in [0.15, 0.2) is 4.99 Å². The number of hydrogen-bond acceptors (Lipinski definition) is 3. The fourth-order valence-electron chi connectivity index (χ4n) is 1.19. The van der Waals surface area contributed by atoms with Crippen molar-refractivity contribution >= 4 is 5.96 Å². The van der Waals surface area contributed by atoms with E-state index in [9.17, 15) is 0 Å². The van der Waals surface area contributed by atoms with E-state index in [-0.39, 0.29) is 0 Å². The molecule has 0 radical (unpaired) electrons. The van der Waals surface area contributed by atoms with Crippen LogP contribution >= 0.6 is 0 Å². The summed E-state index contributed by atoms with van der Waals surface area (Å²) in [5.74, 6) is 6.18. The lowest BCUT2D eigenvalue weighted by molar-refractivity contribution is 0.132. The monoisotopic (exact) mass is 216 g/mol. The first kappa shape index (κ1) is 14.2. The maximum Gasteiger partial charge on any atom is 0.208 e. The third-order valence-electron chi connectivity index (χ3n) is 2.01. The number of hydrogen-bond donors (Lipinski definition) is 2. The Morgan fingerprint density at radius 3 is 2.60 bits per heavy atom. The Morgan fingerprint density at radius 2 is 2.13 bits per heavy atom. The predicted molar refractivity (Wildman–Crippen MR) is 63.7 cm³/mol. The first-order valence-electron chi connectivity index (χ1n) is 5.63. The van der Waals surface area contributed by atoms with Crippen LogP contribution in [-0.2, 0) is 4.74 Å². The van der Waals surface area contributed by atoms with Crippen molar-refractivity contribution in [3.63, 3.8) is 0 Å². The molecule has 0 aromatic heterocycles. The number of guanidine groups is 1. The van der Waals surface area contributed by atoms with Crippen molar-refractivity contribution in [2.45, 2.75) is 27.2 Å². The van der Waals surface area contributed by atoms with Crippen LogP contribution in [-0.4, -0.2) is 43.7 Å². The van der Waals surface area contributed by atoms with Crippen molar-refractivity contribution in [2.75, 3.05) is 32.8 Å². The molecule has 5 heteroatoms. The molecule has 90 valence electrons. The third-order valence-corrected chi connectivity index (χ3v) is 2.01. The van der Waals surface area contributed by atoms with Gasteiger partial charge in [0, 0.05) is 26.2 Å². The van der Waals surface area contributed by atoms with Crippen LogP contribution in [0.3, 0.4) is 0 Å². The van der Waals surface area contributed by atoms with Gasteiger partial charge in [-0.05, 0) is 20.3 Å². The topological polar surface area (TPSA) is 62.9 Å². The van der Waals surface area contributed by atoms with Gasteiger partial charge in [0.15, 0.2) is 0 Å². The Bertz CT molecular complexity index is 173. The van der Waals surface area contributed by atoms with Crippen molar-refractivity contribution in [3.8, 4) is 0 Å². The summed E-state index contributed by atoms with van der Waals surface area (Å²) in [7, 11) is 0. The van der Waals surface area contributed by atoms with Crippen molar-refractivity contribution in [1.29, 1.82) is 0 Å². The molecule has 0 aliphatic rings. The van der Waals surface area contributed by atoms with E-state index in [0.717, 1.165) is 38.6 Å². The van der Waals surface area contributed by atoms with Gasteiger partial charge in [-0.15, -0.1) is 0 Å². The summed E-state index contributed by atoms with van der Waals surface area (Å²) in [6.07, 6.45) is 1.02. The number of rotatable bonds is 7. The van der Waals surface area contributed by atoms with E-state index < -0.39 is 0 Å². The normalized spacial score (nSPS) is 11.6. The molecule has 0 fully saturated rings. The Kier molecular flexibility index (Phi) is 9.21. The molecule has 15 heavy (non-hydrogen) atoms. The van der Waals surface area contributed by atoms with Gasteiger partial charge in [0.2, 0.25) is 5.96 Å². The fraction of sp³-hybridized carbons (Fsp3) is 0.900. The second-order valence-electron chi connectivity index (χ2n) is 3.13. The smallest absolute Gasteiger partial charge is 0.208 e. The van der Waals surface area contributed by atoms with E-state index in [1.807, 2.05) is 6.92 Å². The molecule has 5 nitrogen and oxygen atoms in total. The Balaban J connectivity index is 4.08. The zero-order valence-corrected chi connectivity index (χ0v) is 10.1. The van der Waals surface area contributed by atoms with Crippen molar-refractivity contribution in [3.05, 3.63) is 0 Å². The Labute approximate surface area is 92.7 Å². The first-order chi connectivity index (χ1) is 7.29. The Hall–Kier alpha value is -0.810. The first-order valence-corrected chi connectivity index (χ1v) is 5.63. The molecular weight excluding hydrogens is 192 g/mol. The maximum atomic E-state index is 5.43. The largest absolute Gasteiger partial charge is 0.380 e. The highest BCUT2D eigenvalue weighted by molar-refractivity contribution is 5.79. The minimum absolute atomic E-state index is 0.706. The SMILES string of the molecule is CCCN=C(NN)N(CC)CCOCC. The minimum atomic E-state index is 0.706. The average molecular weight is 216 g/mol. The maximum absolute atomic E-state index is 5.43. The van der Waals surface area contributed by atoms with Crippen molar-refractivity contribution in [2.24, 2.45) is 10.8 Å². The number of hydrazine groups is 1. The van der Waals surface area contributed by atoms with Gasteiger partial charge in [-0.2, -0.15) is 0 Å². The molecular formula is C10H24N4O. The van der Waals surface area contributed by atoms with Crippen LogP contribution in [0.4, 0.5) is 0 Å². The van der Waals surface area contributed by atoms with Gasteiger partial charge in [-0.1, -0.05) is 6.92 Å². The van der Waals surface area contributed by atoms with Gasteiger partial charge in [-0.25, -0.2) is 5.84 Å². The van der Waals surface area contributed by atoms with E-state index in [1.165, 1.54) is 0 Å². The third kappa shape index (κ3) is 6.30. The van der Waals surface area contributed by atoms with E-state index >= 15 is 0 Å². The number of likely N-dealkylation sites (N-methyl/N-ethyl adjacent to an activating group) is 1. The van der Waals surface area contributed by atoms with Crippen LogP contribution in [0.5, 0.6) is 0 Å².